The molecule has 0 heterocycles. The fourth-order valence-electron chi connectivity index (χ4n) is 3.62. The molecule has 1 unspecified atom stereocenters. The number of rotatable bonds is 5. The van der Waals surface area contributed by atoms with Gasteiger partial charge in [0.2, 0.25) is 0 Å². The minimum Gasteiger partial charge on any atom is -0.489 e. The van der Waals surface area contributed by atoms with Gasteiger partial charge in [-0.25, -0.2) is 0 Å². The van der Waals surface area contributed by atoms with Gasteiger partial charge in [-0.1, -0.05) is 54.1 Å². The average molecular weight is 392 g/mol. The Balaban J connectivity index is 1.39. The van der Waals surface area contributed by atoms with Crippen molar-refractivity contribution in [1.29, 1.82) is 0 Å². The lowest BCUT2D eigenvalue weighted by Crippen LogP contribution is -2.30. The quantitative estimate of drug-likeness (QED) is 0.603. The molecule has 1 N–H and O–H groups in total. The van der Waals surface area contributed by atoms with Gasteiger partial charge in [0, 0.05) is 16.1 Å². The van der Waals surface area contributed by atoms with Gasteiger partial charge in [0.1, 0.15) is 12.4 Å². The van der Waals surface area contributed by atoms with Crippen LogP contribution in [-0.2, 0) is 13.0 Å². The van der Waals surface area contributed by atoms with E-state index < -0.39 is 0 Å². The van der Waals surface area contributed by atoms with Gasteiger partial charge >= 0.3 is 0 Å². The Morgan fingerprint density at radius 1 is 1.00 bits per heavy atom. The Labute approximate surface area is 170 Å². The van der Waals surface area contributed by atoms with Crippen molar-refractivity contribution < 1.29 is 9.53 Å². The molecule has 4 rings (SSSR count). The van der Waals surface area contributed by atoms with Crippen molar-refractivity contribution in [3.05, 3.63) is 100 Å². The minimum atomic E-state index is -0.0562. The summed E-state index contributed by atoms with van der Waals surface area (Å²) in [5.74, 6) is 0.652. The number of carbonyl (C=O) groups excluding carboxylic acids is 1. The van der Waals surface area contributed by atoms with E-state index in [1.165, 1.54) is 11.1 Å². The van der Waals surface area contributed by atoms with Crippen molar-refractivity contribution in [3.8, 4) is 5.75 Å². The first kappa shape index (κ1) is 18.6. The van der Waals surface area contributed by atoms with Gasteiger partial charge in [-0.2, -0.15) is 0 Å². The average Bonchev–Trinajstić information content (AvgIpc) is 2.74. The number of amides is 1. The van der Waals surface area contributed by atoms with E-state index in [4.69, 9.17) is 16.3 Å². The van der Waals surface area contributed by atoms with Crippen molar-refractivity contribution >= 4 is 17.5 Å². The minimum absolute atomic E-state index is 0.0562. The Bertz CT molecular complexity index is 968. The van der Waals surface area contributed by atoms with E-state index >= 15 is 0 Å². The molecule has 3 nitrogen and oxygen atoms in total. The molecular formula is C24H22ClNO2. The van der Waals surface area contributed by atoms with Gasteiger partial charge in [-0.3, -0.25) is 4.79 Å². The summed E-state index contributed by atoms with van der Waals surface area (Å²) in [6.07, 6.45) is 3.15. The summed E-state index contributed by atoms with van der Waals surface area (Å²) >= 11 is 6.15. The lowest BCUT2D eigenvalue weighted by atomic mass is 9.87. The molecule has 0 saturated heterocycles. The van der Waals surface area contributed by atoms with Gasteiger partial charge < -0.3 is 10.1 Å². The molecular weight excluding hydrogens is 370 g/mol. The first-order valence-electron chi connectivity index (χ1n) is 9.55. The van der Waals surface area contributed by atoms with Gasteiger partial charge in [0.15, 0.2) is 0 Å². The molecule has 0 spiro atoms. The third-order valence-electron chi connectivity index (χ3n) is 5.14. The Kier molecular flexibility index (Phi) is 5.63. The maximum Gasteiger partial charge on any atom is 0.251 e. The van der Waals surface area contributed by atoms with E-state index in [2.05, 4.69) is 23.5 Å². The van der Waals surface area contributed by atoms with Crippen molar-refractivity contribution in [3.63, 3.8) is 0 Å². The van der Waals surface area contributed by atoms with E-state index in [0.717, 1.165) is 24.8 Å². The number of nitrogens with one attached hydrogen (secondary N) is 1. The Hall–Kier alpha value is -2.78. The molecule has 0 radical (unpaired) electrons. The van der Waals surface area contributed by atoms with Crippen LogP contribution in [0.15, 0.2) is 72.8 Å². The molecule has 1 aliphatic rings. The summed E-state index contributed by atoms with van der Waals surface area (Å²) < 4.78 is 5.79. The molecule has 28 heavy (non-hydrogen) atoms. The number of benzene rings is 3. The van der Waals surface area contributed by atoms with Crippen LogP contribution in [0.25, 0.3) is 0 Å². The standard InChI is InChI=1S/C24H22ClNO2/c25-22-10-4-2-7-19(22)16-28-20-14-12-18(13-15-20)24(27)26-23-11-5-8-17-6-1-3-9-21(17)23/h1-4,6-7,9-10,12-15,23H,5,8,11,16H2,(H,26,27). The van der Waals surface area contributed by atoms with Crippen molar-refractivity contribution in [2.24, 2.45) is 0 Å². The van der Waals surface area contributed by atoms with E-state index in [1.54, 1.807) is 12.1 Å². The van der Waals surface area contributed by atoms with Gasteiger partial charge in [-0.15, -0.1) is 0 Å². The second-order valence-corrected chi connectivity index (χ2v) is 7.43. The normalized spacial score (nSPS) is 15.5. The largest absolute Gasteiger partial charge is 0.489 e. The predicted octanol–water partition coefficient (Wildman–Crippen LogP) is 5.73. The van der Waals surface area contributed by atoms with Crippen LogP contribution in [-0.4, -0.2) is 5.91 Å². The highest BCUT2D eigenvalue weighted by atomic mass is 35.5. The molecule has 1 amide bonds. The first-order valence-corrected chi connectivity index (χ1v) is 9.93. The third kappa shape index (κ3) is 4.20. The van der Waals surface area contributed by atoms with Gasteiger partial charge in [-0.05, 0) is 60.7 Å². The lowest BCUT2D eigenvalue weighted by Gasteiger charge is -2.26. The number of halogens is 1. The zero-order valence-corrected chi connectivity index (χ0v) is 16.3. The second kappa shape index (κ2) is 8.49. The van der Waals surface area contributed by atoms with Crippen molar-refractivity contribution in [2.45, 2.75) is 31.9 Å². The van der Waals surface area contributed by atoms with E-state index in [1.807, 2.05) is 42.5 Å². The number of carbonyl (C=O) groups is 1. The Morgan fingerprint density at radius 3 is 2.57 bits per heavy atom. The number of hydrogen-bond acceptors (Lipinski definition) is 2. The van der Waals surface area contributed by atoms with Crippen LogP contribution in [0.3, 0.4) is 0 Å². The number of hydrogen-bond donors (Lipinski definition) is 1. The third-order valence-corrected chi connectivity index (χ3v) is 5.51. The maximum atomic E-state index is 12.7. The highest BCUT2D eigenvalue weighted by Crippen LogP contribution is 2.29. The first-order chi connectivity index (χ1) is 13.7. The molecule has 0 bridgehead atoms. The lowest BCUT2D eigenvalue weighted by molar-refractivity contribution is 0.0932. The molecule has 1 aliphatic carbocycles. The van der Waals surface area contributed by atoms with E-state index in [0.29, 0.717) is 22.9 Å². The molecule has 3 aromatic rings. The summed E-state index contributed by atoms with van der Waals surface area (Å²) in [6.45, 7) is 0.393. The fraction of sp³-hybridized carbons (Fsp3) is 0.208. The zero-order chi connectivity index (χ0) is 19.3. The summed E-state index contributed by atoms with van der Waals surface area (Å²) in [4.78, 5) is 12.7. The van der Waals surface area contributed by atoms with Crippen LogP contribution in [0, 0.1) is 0 Å². The highest BCUT2D eigenvalue weighted by Gasteiger charge is 2.21. The summed E-state index contributed by atoms with van der Waals surface area (Å²) in [6, 6.07) is 23.3. The zero-order valence-electron chi connectivity index (χ0n) is 15.5. The second-order valence-electron chi connectivity index (χ2n) is 7.02. The summed E-state index contributed by atoms with van der Waals surface area (Å²) in [5.41, 5.74) is 4.14. The van der Waals surface area contributed by atoms with E-state index in [9.17, 15) is 4.79 Å². The van der Waals surface area contributed by atoms with Gasteiger partial charge in [0.25, 0.3) is 5.91 Å². The molecule has 4 heteroatoms. The Morgan fingerprint density at radius 2 is 1.75 bits per heavy atom. The monoisotopic (exact) mass is 391 g/mol. The predicted molar refractivity (Wildman–Crippen MR) is 112 cm³/mol. The van der Waals surface area contributed by atoms with Crippen LogP contribution in [0.2, 0.25) is 5.02 Å². The highest BCUT2D eigenvalue weighted by molar-refractivity contribution is 6.31. The molecule has 3 aromatic carbocycles. The number of fused-ring (bicyclic) bond motifs is 1. The molecule has 0 saturated carbocycles. The van der Waals surface area contributed by atoms with Crippen molar-refractivity contribution in [1.82, 2.24) is 5.32 Å². The van der Waals surface area contributed by atoms with Crippen LogP contribution < -0.4 is 10.1 Å². The van der Waals surface area contributed by atoms with Gasteiger partial charge in [0.05, 0.1) is 6.04 Å². The summed E-state index contributed by atoms with van der Waals surface area (Å²) in [5, 5.41) is 3.87. The molecule has 0 fully saturated rings. The molecule has 1 atom stereocenters. The molecule has 0 aromatic heterocycles. The SMILES string of the molecule is O=C(NC1CCCc2ccccc21)c1ccc(OCc2ccccc2Cl)cc1. The fourth-order valence-corrected chi connectivity index (χ4v) is 3.81. The summed E-state index contributed by atoms with van der Waals surface area (Å²) in [7, 11) is 0. The molecule has 142 valence electrons. The smallest absolute Gasteiger partial charge is 0.251 e. The molecule has 0 aliphatic heterocycles. The van der Waals surface area contributed by atoms with Crippen LogP contribution in [0.1, 0.15) is 45.9 Å². The maximum absolute atomic E-state index is 12.7. The van der Waals surface area contributed by atoms with Crippen LogP contribution in [0.4, 0.5) is 0 Å². The van der Waals surface area contributed by atoms with Crippen molar-refractivity contribution in [2.75, 3.05) is 0 Å². The van der Waals surface area contributed by atoms with Crippen LogP contribution in [0.5, 0.6) is 5.75 Å². The van der Waals surface area contributed by atoms with Crippen LogP contribution >= 0.6 is 11.6 Å². The topological polar surface area (TPSA) is 38.3 Å². The number of aryl methyl sites for hydroxylation is 1. The number of ether oxygens (including phenoxy) is 1. The van der Waals surface area contributed by atoms with E-state index in [-0.39, 0.29) is 11.9 Å².